The predicted molar refractivity (Wildman–Crippen MR) is 98.7 cm³/mol. The number of carbonyl (C=O) groups excluding carboxylic acids is 1. The van der Waals surface area contributed by atoms with E-state index >= 15 is 0 Å². The van der Waals surface area contributed by atoms with Crippen LogP contribution in [0.3, 0.4) is 0 Å². The lowest BCUT2D eigenvalue weighted by Crippen LogP contribution is -2.28. The minimum Gasteiger partial charge on any atom is -0.326 e. The topological polar surface area (TPSA) is 78.5 Å². The summed E-state index contributed by atoms with van der Waals surface area (Å²) in [5.41, 5.74) is 1.75. The summed E-state index contributed by atoms with van der Waals surface area (Å²) >= 11 is 0. The minimum atomic E-state index is -3.59. The van der Waals surface area contributed by atoms with E-state index in [0.717, 1.165) is 11.3 Å². The third kappa shape index (κ3) is 5.97. The first-order valence-corrected chi connectivity index (χ1v) is 9.44. The normalized spacial score (nSPS) is 11.5. The van der Waals surface area contributed by atoms with Crippen molar-refractivity contribution in [2.75, 3.05) is 26.0 Å². The van der Waals surface area contributed by atoms with Crippen molar-refractivity contribution in [1.29, 1.82) is 0 Å². The maximum Gasteiger partial charge on any atom is 0.240 e. The van der Waals surface area contributed by atoms with Gasteiger partial charge in [-0.05, 0) is 37.9 Å². The van der Waals surface area contributed by atoms with Crippen molar-refractivity contribution < 1.29 is 13.2 Å². The van der Waals surface area contributed by atoms with E-state index in [1.807, 2.05) is 43.3 Å². The number of para-hydroxylation sites is 1. The molecule has 0 aliphatic rings. The van der Waals surface area contributed by atoms with E-state index in [0.29, 0.717) is 6.54 Å². The van der Waals surface area contributed by atoms with Crippen LogP contribution in [0, 0.1) is 0 Å². The second kappa shape index (κ2) is 8.75. The number of nitrogens with zero attached hydrogens (tertiary/aromatic N) is 1. The number of sulfonamides is 1. The van der Waals surface area contributed by atoms with Crippen molar-refractivity contribution in [1.82, 2.24) is 9.62 Å². The molecule has 0 atom stereocenters. The smallest absolute Gasteiger partial charge is 0.240 e. The van der Waals surface area contributed by atoms with E-state index in [2.05, 4.69) is 10.0 Å². The van der Waals surface area contributed by atoms with Gasteiger partial charge in [-0.2, -0.15) is 0 Å². The Morgan fingerprint density at radius 3 is 2.32 bits per heavy atom. The van der Waals surface area contributed by atoms with E-state index in [9.17, 15) is 13.2 Å². The highest BCUT2D eigenvalue weighted by Gasteiger charge is 2.14. The SMILES string of the molecule is CN(C)Cc1ccccc1NC(=O)CCNS(=O)(=O)c1ccccc1. The molecule has 0 aromatic heterocycles. The van der Waals surface area contributed by atoms with Crippen LogP contribution < -0.4 is 10.0 Å². The average Bonchev–Trinajstić information content (AvgIpc) is 2.57. The molecule has 0 unspecified atom stereocenters. The molecule has 0 saturated heterocycles. The van der Waals surface area contributed by atoms with Crippen LogP contribution in [-0.2, 0) is 21.4 Å². The number of hydrogen-bond donors (Lipinski definition) is 2. The predicted octanol–water partition coefficient (Wildman–Crippen LogP) is 2.06. The molecule has 0 bridgehead atoms. The summed E-state index contributed by atoms with van der Waals surface area (Å²) in [6.45, 7) is 0.746. The first-order chi connectivity index (χ1) is 11.9. The second-order valence-electron chi connectivity index (χ2n) is 5.90. The molecule has 0 saturated carbocycles. The standard InChI is InChI=1S/C18H23N3O3S/c1-21(2)14-15-8-6-7-11-17(15)20-18(22)12-13-19-25(23,24)16-9-4-3-5-10-16/h3-11,19H,12-14H2,1-2H3,(H,20,22). The van der Waals surface area contributed by atoms with Crippen LogP contribution in [0.15, 0.2) is 59.5 Å². The number of hydrogen-bond acceptors (Lipinski definition) is 4. The molecule has 0 aliphatic carbocycles. The highest BCUT2D eigenvalue weighted by molar-refractivity contribution is 7.89. The molecular formula is C18H23N3O3S. The number of benzene rings is 2. The molecule has 0 radical (unpaired) electrons. The Kier molecular flexibility index (Phi) is 6.69. The molecule has 2 rings (SSSR count). The molecule has 0 fully saturated rings. The van der Waals surface area contributed by atoms with Gasteiger partial charge in [0.2, 0.25) is 15.9 Å². The van der Waals surface area contributed by atoms with Gasteiger partial charge in [0.05, 0.1) is 4.90 Å². The van der Waals surface area contributed by atoms with Gasteiger partial charge in [-0.1, -0.05) is 36.4 Å². The average molecular weight is 361 g/mol. The Balaban J connectivity index is 1.90. The molecule has 0 aliphatic heterocycles. The van der Waals surface area contributed by atoms with Crippen LogP contribution in [0.5, 0.6) is 0 Å². The van der Waals surface area contributed by atoms with Gasteiger partial charge in [0.15, 0.2) is 0 Å². The Labute approximate surface area is 148 Å². The lowest BCUT2D eigenvalue weighted by molar-refractivity contribution is -0.116. The van der Waals surface area contributed by atoms with Crippen molar-refractivity contribution in [3.8, 4) is 0 Å². The lowest BCUT2D eigenvalue weighted by atomic mass is 10.1. The van der Waals surface area contributed by atoms with Crippen LogP contribution in [0.4, 0.5) is 5.69 Å². The van der Waals surface area contributed by atoms with Crippen LogP contribution in [-0.4, -0.2) is 39.9 Å². The van der Waals surface area contributed by atoms with E-state index < -0.39 is 10.0 Å². The highest BCUT2D eigenvalue weighted by atomic mass is 32.2. The van der Waals surface area contributed by atoms with Crippen LogP contribution in [0.25, 0.3) is 0 Å². The molecule has 0 heterocycles. The van der Waals surface area contributed by atoms with Gasteiger partial charge in [-0.3, -0.25) is 4.79 Å². The monoisotopic (exact) mass is 361 g/mol. The molecule has 1 amide bonds. The summed E-state index contributed by atoms with van der Waals surface area (Å²) in [4.78, 5) is 14.3. The van der Waals surface area contributed by atoms with Gasteiger partial charge in [0.25, 0.3) is 0 Å². The lowest BCUT2D eigenvalue weighted by Gasteiger charge is -2.15. The molecule has 134 valence electrons. The van der Waals surface area contributed by atoms with Gasteiger partial charge in [-0.15, -0.1) is 0 Å². The van der Waals surface area contributed by atoms with Gasteiger partial charge in [0, 0.05) is 25.2 Å². The fourth-order valence-electron chi connectivity index (χ4n) is 2.32. The molecule has 25 heavy (non-hydrogen) atoms. The maximum atomic E-state index is 12.1. The van der Waals surface area contributed by atoms with Crippen molar-refractivity contribution >= 4 is 21.6 Å². The zero-order chi connectivity index (χ0) is 18.3. The van der Waals surface area contributed by atoms with E-state index in [-0.39, 0.29) is 23.8 Å². The zero-order valence-electron chi connectivity index (χ0n) is 14.4. The molecular weight excluding hydrogens is 338 g/mol. The first kappa shape index (κ1) is 19.1. The summed E-state index contributed by atoms with van der Waals surface area (Å²) in [5.74, 6) is -0.234. The summed E-state index contributed by atoms with van der Waals surface area (Å²) < 4.78 is 26.6. The Morgan fingerprint density at radius 1 is 1.00 bits per heavy atom. The molecule has 7 heteroatoms. The molecule has 2 N–H and O–H groups in total. The molecule has 0 spiro atoms. The first-order valence-electron chi connectivity index (χ1n) is 7.96. The third-order valence-electron chi connectivity index (χ3n) is 3.48. The Hall–Kier alpha value is -2.22. The van der Waals surface area contributed by atoms with Gasteiger partial charge >= 0.3 is 0 Å². The molecule has 2 aromatic carbocycles. The van der Waals surface area contributed by atoms with E-state index in [1.54, 1.807) is 18.2 Å². The number of carbonyl (C=O) groups is 1. The number of amides is 1. The Bertz CT molecular complexity index is 805. The van der Waals surface area contributed by atoms with Crippen LogP contribution in [0.1, 0.15) is 12.0 Å². The zero-order valence-corrected chi connectivity index (χ0v) is 15.2. The van der Waals surface area contributed by atoms with Crippen molar-refractivity contribution in [2.24, 2.45) is 0 Å². The van der Waals surface area contributed by atoms with Crippen molar-refractivity contribution in [2.45, 2.75) is 17.9 Å². The molecule has 2 aromatic rings. The minimum absolute atomic E-state index is 0.0406. The van der Waals surface area contributed by atoms with E-state index in [4.69, 9.17) is 0 Å². The number of anilines is 1. The fraction of sp³-hybridized carbons (Fsp3) is 0.278. The maximum absolute atomic E-state index is 12.1. The second-order valence-corrected chi connectivity index (χ2v) is 7.67. The van der Waals surface area contributed by atoms with Crippen molar-refractivity contribution in [3.05, 3.63) is 60.2 Å². The van der Waals surface area contributed by atoms with Gasteiger partial charge in [0.1, 0.15) is 0 Å². The largest absolute Gasteiger partial charge is 0.326 e. The highest BCUT2D eigenvalue weighted by Crippen LogP contribution is 2.16. The summed E-state index contributed by atoms with van der Waals surface area (Å²) in [6, 6.07) is 15.7. The van der Waals surface area contributed by atoms with E-state index in [1.165, 1.54) is 12.1 Å². The molecule has 6 nitrogen and oxygen atoms in total. The van der Waals surface area contributed by atoms with Crippen LogP contribution >= 0.6 is 0 Å². The van der Waals surface area contributed by atoms with Crippen molar-refractivity contribution in [3.63, 3.8) is 0 Å². The fourth-order valence-corrected chi connectivity index (χ4v) is 3.37. The summed E-state index contributed by atoms with van der Waals surface area (Å²) in [6.07, 6.45) is 0.0579. The summed E-state index contributed by atoms with van der Waals surface area (Å²) in [7, 11) is 0.321. The van der Waals surface area contributed by atoms with Gasteiger partial charge < -0.3 is 10.2 Å². The Morgan fingerprint density at radius 2 is 1.64 bits per heavy atom. The number of nitrogens with one attached hydrogen (secondary N) is 2. The summed E-state index contributed by atoms with van der Waals surface area (Å²) in [5, 5.41) is 2.84. The quantitative estimate of drug-likeness (QED) is 0.754. The van der Waals surface area contributed by atoms with Crippen LogP contribution in [0.2, 0.25) is 0 Å². The number of rotatable bonds is 8. The van der Waals surface area contributed by atoms with Gasteiger partial charge in [-0.25, -0.2) is 13.1 Å². The third-order valence-corrected chi connectivity index (χ3v) is 4.95.